The molecule has 0 saturated carbocycles. The molecule has 0 bridgehead atoms. The van der Waals surface area contributed by atoms with E-state index in [4.69, 9.17) is 11.6 Å². The zero-order valence-electron chi connectivity index (χ0n) is 19.2. The number of nitrogens with zero attached hydrogens (tertiary/aromatic N) is 1. The number of anilines is 1. The normalized spacial score (nSPS) is 15.3. The van der Waals surface area contributed by atoms with Gasteiger partial charge in [-0.1, -0.05) is 87.8 Å². The van der Waals surface area contributed by atoms with E-state index in [2.05, 4.69) is 21.2 Å². The second kappa shape index (κ2) is 10.9. The maximum absolute atomic E-state index is 13.9. The van der Waals surface area contributed by atoms with Crippen molar-refractivity contribution in [1.29, 1.82) is 0 Å². The zero-order chi connectivity index (χ0) is 25.1. The van der Waals surface area contributed by atoms with E-state index >= 15 is 0 Å². The average Bonchev–Trinajstić information content (AvgIpc) is 2.97. The average molecular weight is 578 g/mol. The predicted molar refractivity (Wildman–Crippen MR) is 149 cm³/mol. The Balaban J connectivity index is 1.53. The minimum absolute atomic E-state index is 0.183. The van der Waals surface area contributed by atoms with Gasteiger partial charge in [-0.25, -0.2) is 0 Å². The molecule has 0 unspecified atom stereocenters. The quantitative estimate of drug-likeness (QED) is 0.259. The number of hydrogen-bond acceptors (Lipinski definition) is 3. The highest BCUT2D eigenvalue weighted by molar-refractivity contribution is 9.10. The van der Waals surface area contributed by atoms with Crippen LogP contribution in [0.1, 0.15) is 21.5 Å². The highest BCUT2D eigenvalue weighted by Gasteiger charge is 2.36. The number of carbonyl (C=O) groups is 2. The number of carbonyl (C=O) groups excluding carboxylic acids is 2. The first kappa shape index (κ1) is 24.6. The highest BCUT2D eigenvalue weighted by Crippen LogP contribution is 2.34. The van der Waals surface area contributed by atoms with E-state index in [-0.39, 0.29) is 11.8 Å². The van der Waals surface area contributed by atoms with Gasteiger partial charge in [0.2, 0.25) is 5.91 Å². The van der Waals surface area contributed by atoms with Crippen molar-refractivity contribution in [2.75, 3.05) is 5.32 Å². The lowest BCUT2D eigenvalue weighted by atomic mass is 10.0. The van der Waals surface area contributed by atoms with Gasteiger partial charge in [0, 0.05) is 32.3 Å². The maximum atomic E-state index is 13.9. The van der Waals surface area contributed by atoms with Gasteiger partial charge in [0.1, 0.15) is 6.04 Å². The molecule has 1 aliphatic rings. The highest BCUT2D eigenvalue weighted by atomic mass is 79.9. The van der Waals surface area contributed by atoms with Crippen LogP contribution in [0.2, 0.25) is 5.02 Å². The Morgan fingerprint density at radius 2 is 1.61 bits per heavy atom. The Bertz CT molecular complexity index is 1410. The molecule has 0 radical (unpaired) electrons. The van der Waals surface area contributed by atoms with E-state index in [0.717, 1.165) is 25.4 Å². The summed E-state index contributed by atoms with van der Waals surface area (Å²) in [5, 5.41) is 3.67. The SMILES string of the molecule is O=C1Nc2ccc(Br)cc2C(=O)N(Cc2ccccc2Sc2ccc(Cl)cc2)[C@@H]1Cc1ccccc1. The van der Waals surface area contributed by atoms with Crippen LogP contribution in [-0.4, -0.2) is 22.8 Å². The Morgan fingerprint density at radius 3 is 2.39 bits per heavy atom. The summed E-state index contributed by atoms with van der Waals surface area (Å²) in [4.78, 5) is 31.2. The van der Waals surface area contributed by atoms with Gasteiger partial charge in [0.25, 0.3) is 5.91 Å². The van der Waals surface area contributed by atoms with Crippen molar-refractivity contribution in [3.05, 3.63) is 123 Å². The first-order chi connectivity index (χ1) is 17.5. The molecule has 0 spiro atoms. The number of nitrogens with one attached hydrogen (secondary N) is 1. The van der Waals surface area contributed by atoms with Gasteiger partial charge < -0.3 is 10.2 Å². The molecular formula is C29H22BrClN2O2S. The molecule has 4 nitrogen and oxygen atoms in total. The Labute approximate surface area is 227 Å². The summed E-state index contributed by atoms with van der Waals surface area (Å²) in [7, 11) is 0. The van der Waals surface area contributed by atoms with Gasteiger partial charge in [-0.3, -0.25) is 9.59 Å². The van der Waals surface area contributed by atoms with Gasteiger partial charge in [0.05, 0.1) is 11.3 Å². The fourth-order valence-corrected chi connectivity index (χ4v) is 5.65. The van der Waals surface area contributed by atoms with Crippen LogP contribution in [0.25, 0.3) is 0 Å². The number of amides is 2. The van der Waals surface area contributed by atoms with Crippen LogP contribution in [-0.2, 0) is 17.8 Å². The standard InChI is InChI=1S/C29H22BrClN2O2S/c30-21-10-15-25-24(17-21)29(35)33(26(28(34)32-25)16-19-6-2-1-3-7-19)18-20-8-4-5-9-27(20)36-23-13-11-22(31)12-14-23/h1-15,17,26H,16,18H2,(H,32,34)/t26-/m1/s1. The first-order valence-electron chi connectivity index (χ1n) is 11.4. The van der Waals surface area contributed by atoms with Crippen LogP contribution in [0.5, 0.6) is 0 Å². The predicted octanol–water partition coefficient (Wildman–Crippen LogP) is 7.46. The third kappa shape index (κ3) is 5.51. The molecule has 0 aromatic heterocycles. The van der Waals surface area contributed by atoms with Gasteiger partial charge in [-0.2, -0.15) is 0 Å². The van der Waals surface area contributed by atoms with Gasteiger partial charge >= 0.3 is 0 Å². The van der Waals surface area contributed by atoms with Crippen molar-refractivity contribution in [1.82, 2.24) is 4.90 Å². The molecule has 1 atom stereocenters. The van der Waals surface area contributed by atoms with Crippen LogP contribution >= 0.6 is 39.3 Å². The summed E-state index contributed by atoms with van der Waals surface area (Å²) in [5.41, 5.74) is 2.95. The zero-order valence-corrected chi connectivity index (χ0v) is 22.3. The minimum Gasteiger partial charge on any atom is -0.324 e. The van der Waals surface area contributed by atoms with Gasteiger partial charge in [0.15, 0.2) is 0 Å². The second-order valence-electron chi connectivity index (χ2n) is 8.48. The molecule has 1 N–H and O–H groups in total. The van der Waals surface area contributed by atoms with E-state index in [9.17, 15) is 9.59 Å². The lowest BCUT2D eigenvalue weighted by molar-refractivity contribution is -0.120. The molecule has 1 aliphatic heterocycles. The van der Waals surface area contributed by atoms with E-state index in [1.165, 1.54) is 0 Å². The molecule has 7 heteroatoms. The molecule has 0 fully saturated rings. The van der Waals surface area contributed by atoms with Crippen LogP contribution in [0.15, 0.2) is 111 Å². The fraction of sp³-hybridized carbons (Fsp3) is 0.103. The third-order valence-corrected chi connectivity index (χ3v) is 7.91. The van der Waals surface area contributed by atoms with Crippen molar-refractivity contribution in [2.45, 2.75) is 28.8 Å². The van der Waals surface area contributed by atoms with Crippen LogP contribution in [0.4, 0.5) is 5.69 Å². The van der Waals surface area contributed by atoms with E-state index < -0.39 is 6.04 Å². The largest absolute Gasteiger partial charge is 0.324 e. The smallest absolute Gasteiger partial charge is 0.257 e. The maximum Gasteiger partial charge on any atom is 0.257 e. The molecule has 5 rings (SSSR count). The lowest BCUT2D eigenvalue weighted by Crippen LogP contribution is -2.46. The Kier molecular flexibility index (Phi) is 7.46. The summed E-state index contributed by atoms with van der Waals surface area (Å²) in [6.45, 7) is 0.298. The second-order valence-corrected chi connectivity index (χ2v) is 10.9. The van der Waals surface area contributed by atoms with Crippen molar-refractivity contribution in [3.63, 3.8) is 0 Å². The number of rotatable bonds is 6. The molecule has 36 heavy (non-hydrogen) atoms. The summed E-state index contributed by atoms with van der Waals surface area (Å²) >= 11 is 11.1. The number of benzene rings is 4. The van der Waals surface area contributed by atoms with Gasteiger partial charge in [-0.15, -0.1) is 0 Å². The molecular weight excluding hydrogens is 556 g/mol. The Hall–Kier alpha value is -3.06. The van der Waals surface area contributed by atoms with Crippen molar-refractivity contribution < 1.29 is 9.59 Å². The van der Waals surface area contributed by atoms with E-state index in [0.29, 0.717) is 29.2 Å². The number of halogens is 2. The summed E-state index contributed by atoms with van der Waals surface area (Å²) in [5.74, 6) is -0.381. The van der Waals surface area contributed by atoms with E-state index in [1.807, 2.05) is 84.9 Å². The minimum atomic E-state index is -0.667. The van der Waals surface area contributed by atoms with Crippen LogP contribution < -0.4 is 5.32 Å². The summed E-state index contributed by atoms with van der Waals surface area (Å²) in [6.07, 6.45) is 0.417. The van der Waals surface area contributed by atoms with Crippen molar-refractivity contribution >= 4 is 56.8 Å². The van der Waals surface area contributed by atoms with E-state index in [1.54, 1.807) is 28.8 Å². The molecule has 180 valence electrons. The lowest BCUT2D eigenvalue weighted by Gasteiger charge is -2.29. The molecule has 4 aromatic carbocycles. The summed E-state index contributed by atoms with van der Waals surface area (Å²) < 4.78 is 0.781. The fourth-order valence-electron chi connectivity index (χ4n) is 4.23. The third-order valence-electron chi connectivity index (χ3n) is 6.04. The van der Waals surface area contributed by atoms with Crippen molar-refractivity contribution in [3.8, 4) is 0 Å². The number of fused-ring (bicyclic) bond motifs is 1. The topological polar surface area (TPSA) is 49.4 Å². The molecule has 4 aromatic rings. The van der Waals surface area contributed by atoms with Gasteiger partial charge in [-0.05, 0) is 59.7 Å². The van der Waals surface area contributed by atoms with Crippen LogP contribution in [0.3, 0.4) is 0 Å². The number of hydrogen-bond donors (Lipinski definition) is 1. The monoisotopic (exact) mass is 576 g/mol. The molecule has 1 heterocycles. The first-order valence-corrected chi connectivity index (χ1v) is 13.4. The molecule has 0 saturated heterocycles. The molecule has 2 amide bonds. The molecule has 0 aliphatic carbocycles. The summed E-state index contributed by atoms with van der Waals surface area (Å²) in [6, 6.07) is 30.1. The van der Waals surface area contributed by atoms with Crippen LogP contribution in [0, 0.1) is 0 Å². The van der Waals surface area contributed by atoms with Crippen molar-refractivity contribution in [2.24, 2.45) is 0 Å². The Morgan fingerprint density at radius 1 is 0.889 bits per heavy atom.